The van der Waals surface area contributed by atoms with Crippen LogP contribution in [-0.2, 0) is 19.1 Å². The fourth-order valence-electron chi connectivity index (χ4n) is 1.31. The zero-order valence-electron chi connectivity index (χ0n) is 10.7. The van der Waals surface area contributed by atoms with Crippen LogP contribution in [0.25, 0.3) is 0 Å². The van der Waals surface area contributed by atoms with Crippen molar-refractivity contribution < 1.29 is 19.1 Å². The van der Waals surface area contributed by atoms with E-state index < -0.39 is 17.7 Å². The van der Waals surface area contributed by atoms with E-state index in [0.29, 0.717) is 12.8 Å². The monoisotopic (exact) mass is 240 g/mol. The van der Waals surface area contributed by atoms with E-state index in [9.17, 15) is 9.59 Å². The van der Waals surface area contributed by atoms with Gasteiger partial charge in [-0.05, 0) is 13.3 Å². The predicted octanol–water partition coefficient (Wildman–Crippen LogP) is 2.74. The van der Waals surface area contributed by atoms with Crippen LogP contribution in [0.1, 0.15) is 40.0 Å². The van der Waals surface area contributed by atoms with Crippen LogP contribution in [0.4, 0.5) is 0 Å². The second-order valence-corrected chi connectivity index (χ2v) is 3.81. The van der Waals surface area contributed by atoms with Gasteiger partial charge < -0.3 is 9.47 Å². The van der Waals surface area contributed by atoms with E-state index in [2.05, 4.69) is 13.2 Å². The maximum atomic E-state index is 11.5. The van der Waals surface area contributed by atoms with Crippen molar-refractivity contribution in [1.82, 2.24) is 0 Å². The van der Waals surface area contributed by atoms with Crippen LogP contribution >= 0.6 is 0 Å². The summed E-state index contributed by atoms with van der Waals surface area (Å²) in [5, 5.41) is 0. The van der Waals surface area contributed by atoms with Gasteiger partial charge in [-0.15, -0.1) is 0 Å². The molecule has 0 rings (SSSR count). The van der Waals surface area contributed by atoms with Crippen molar-refractivity contribution >= 4 is 11.9 Å². The average Bonchev–Trinajstić information content (AvgIpc) is 2.28. The van der Waals surface area contributed by atoms with Gasteiger partial charge in [-0.1, -0.05) is 27.0 Å². The molecule has 0 fully saturated rings. The fraction of sp³-hybridized carbons (Fsp3) is 0.538. The van der Waals surface area contributed by atoms with Gasteiger partial charge >= 0.3 is 11.9 Å². The number of carbonyl (C=O) groups excluding carboxylic acids is 2. The molecule has 0 saturated carbocycles. The van der Waals surface area contributed by atoms with Crippen LogP contribution in [0.15, 0.2) is 24.8 Å². The van der Waals surface area contributed by atoms with Crippen LogP contribution in [0.2, 0.25) is 0 Å². The van der Waals surface area contributed by atoms with Crippen LogP contribution in [0.3, 0.4) is 0 Å². The first-order valence-corrected chi connectivity index (χ1v) is 5.65. The number of ether oxygens (including phenoxy) is 2. The van der Waals surface area contributed by atoms with E-state index >= 15 is 0 Å². The minimum absolute atomic E-state index is 0.272. The zero-order valence-corrected chi connectivity index (χ0v) is 10.7. The molecule has 0 aromatic rings. The van der Waals surface area contributed by atoms with Gasteiger partial charge in [0.15, 0.2) is 0 Å². The number of rotatable bonds is 7. The number of carbonyl (C=O) groups is 2. The smallest absolute Gasteiger partial charge is 0.336 e. The first-order chi connectivity index (χ1) is 7.90. The van der Waals surface area contributed by atoms with Gasteiger partial charge in [0.2, 0.25) is 0 Å². The first kappa shape index (κ1) is 15.4. The minimum Gasteiger partial charge on any atom is -0.419 e. The lowest BCUT2D eigenvalue weighted by atomic mass is 10.1. The van der Waals surface area contributed by atoms with Gasteiger partial charge in [0.25, 0.3) is 5.79 Å². The highest BCUT2D eigenvalue weighted by Gasteiger charge is 2.35. The summed E-state index contributed by atoms with van der Waals surface area (Å²) in [5.74, 6) is -2.37. The molecular weight excluding hydrogens is 220 g/mol. The highest BCUT2D eigenvalue weighted by Crippen LogP contribution is 2.25. The molecule has 0 aliphatic heterocycles. The molecule has 0 amide bonds. The molecule has 0 radical (unpaired) electrons. The van der Waals surface area contributed by atoms with Crippen molar-refractivity contribution in [2.75, 3.05) is 0 Å². The summed E-state index contributed by atoms with van der Waals surface area (Å²) in [4.78, 5) is 22.8. The van der Waals surface area contributed by atoms with E-state index in [-0.39, 0.29) is 5.57 Å². The molecule has 4 nitrogen and oxygen atoms in total. The van der Waals surface area contributed by atoms with Gasteiger partial charge in [-0.3, -0.25) is 0 Å². The summed E-state index contributed by atoms with van der Waals surface area (Å²) >= 11 is 0. The zero-order chi connectivity index (χ0) is 13.5. The molecule has 1 unspecified atom stereocenters. The van der Waals surface area contributed by atoms with Crippen molar-refractivity contribution in [2.45, 2.75) is 45.8 Å². The summed E-state index contributed by atoms with van der Waals surface area (Å²) in [6.07, 6.45) is 2.61. The largest absolute Gasteiger partial charge is 0.419 e. The summed E-state index contributed by atoms with van der Waals surface area (Å²) in [6, 6.07) is 0. The molecule has 1 atom stereocenters. The molecule has 0 saturated heterocycles. The maximum absolute atomic E-state index is 11.5. The minimum atomic E-state index is -1.21. The van der Waals surface area contributed by atoms with Crippen molar-refractivity contribution in [2.24, 2.45) is 0 Å². The Balaban J connectivity index is 4.92. The quantitative estimate of drug-likeness (QED) is 0.390. The third kappa shape index (κ3) is 4.85. The molecule has 0 N–H and O–H groups in total. The first-order valence-electron chi connectivity index (χ1n) is 5.65. The Kier molecular flexibility index (Phi) is 6.25. The average molecular weight is 240 g/mol. The van der Waals surface area contributed by atoms with Gasteiger partial charge in [-0.2, -0.15) is 0 Å². The van der Waals surface area contributed by atoms with E-state index in [4.69, 9.17) is 9.47 Å². The second-order valence-electron chi connectivity index (χ2n) is 3.81. The Morgan fingerprint density at radius 1 is 1.29 bits per heavy atom. The Labute approximate surface area is 102 Å². The standard InChI is InChI=1S/C13H20O4/c1-6-9-13(8-3,16-11(14)7-2)17-12(15)10(4)5/h7H,2,4,6,8-9H2,1,3,5H3. The highest BCUT2D eigenvalue weighted by atomic mass is 16.7. The van der Waals surface area contributed by atoms with E-state index in [1.807, 2.05) is 6.92 Å². The number of hydrogen-bond donors (Lipinski definition) is 0. The van der Waals surface area contributed by atoms with Crippen molar-refractivity contribution in [3.05, 3.63) is 24.8 Å². The third-order valence-electron chi connectivity index (χ3n) is 2.25. The van der Waals surface area contributed by atoms with Gasteiger partial charge in [0, 0.05) is 24.5 Å². The summed E-state index contributed by atoms with van der Waals surface area (Å²) < 4.78 is 10.4. The lowest BCUT2D eigenvalue weighted by Gasteiger charge is -2.31. The number of esters is 2. The van der Waals surface area contributed by atoms with E-state index in [0.717, 1.165) is 12.5 Å². The number of hydrogen-bond acceptors (Lipinski definition) is 4. The Bertz CT molecular complexity index is 319. The molecule has 0 heterocycles. The van der Waals surface area contributed by atoms with Gasteiger partial charge in [0.1, 0.15) is 0 Å². The molecule has 17 heavy (non-hydrogen) atoms. The van der Waals surface area contributed by atoms with Crippen LogP contribution in [-0.4, -0.2) is 17.7 Å². The normalized spacial score (nSPS) is 13.4. The lowest BCUT2D eigenvalue weighted by Crippen LogP contribution is -2.39. The van der Waals surface area contributed by atoms with E-state index in [1.165, 1.54) is 0 Å². The summed E-state index contributed by atoms with van der Waals surface area (Å²) in [5.41, 5.74) is 0.272. The SMILES string of the molecule is C=CC(=O)OC(CC)(CCC)OC(=O)C(=C)C. The molecule has 0 spiro atoms. The Hall–Kier alpha value is -1.58. The summed E-state index contributed by atoms with van der Waals surface area (Å²) in [6.45, 7) is 12.1. The predicted molar refractivity (Wildman–Crippen MR) is 65.1 cm³/mol. The van der Waals surface area contributed by atoms with Crippen LogP contribution in [0.5, 0.6) is 0 Å². The maximum Gasteiger partial charge on any atom is 0.336 e. The Morgan fingerprint density at radius 2 is 1.88 bits per heavy atom. The molecule has 0 aromatic carbocycles. The van der Waals surface area contributed by atoms with E-state index in [1.54, 1.807) is 13.8 Å². The molecular formula is C13H20O4. The fourth-order valence-corrected chi connectivity index (χ4v) is 1.31. The summed E-state index contributed by atoms with van der Waals surface area (Å²) in [7, 11) is 0. The Morgan fingerprint density at radius 3 is 2.24 bits per heavy atom. The van der Waals surface area contributed by atoms with Gasteiger partial charge in [-0.25, -0.2) is 9.59 Å². The second kappa shape index (κ2) is 6.89. The lowest BCUT2D eigenvalue weighted by molar-refractivity contribution is -0.226. The molecule has 0 aliphatic carbocycles. The molecule has 0 bridgehead atoms. The van der Waals surface area contributed by atoms with Crippen LogP contribution in [0, 0.1) is 0 Å². The molecule has 0 aliphatic rings. The van der Waals surface area contributed by atoms with Crippen molar-refractivity contribution in [3.8, 4) is 0 Å². The van der Waals surface area contributed by atoms with Crippen molar-refractivity contribution in [1.29, 1.82) is 0 Å². The third-order valence-corrected chi connectivity index (χ3v) is 2.25. The van der Waals surface area contributed by atoms with Crippen LogP contribution < -0.4 is 0 Å². The van der Waals surface area contributed by atoms with Gasteiger partial charge in [0.05, 0.1) is 0 Å². The topological polar surface area (TPSA) is 52.6 Å². The molecule has 0 aromatic heterocycles. The highest BCUT2D eigenvalue weighted by molar-refractivity contribution is 5.87. The van der Waals surface area contributed by atoms with Crippen molar-refractivity contribution in [3.63, 3.8) is 0 Å². The molecule has 4 heteroatoms. The molecule has 96 valence electrons.